The minimum absolute atomic E-state index is 0.397. The van der Waals surface area contributed by atoms with E-state index in [0.717, 1.165) is 36.8 Å². The summed E-state index contributed by atoms with van der Waals surface area (Å²) in [6, 6.07) is 5.63. The first-order chi connectivity index (χ1) is 12.0. The number of hydrogen-bond donors (Lipinski definition) is 2. The van der Waals surface area contributed by atoms with Gasteiger partial charge in [-0.1, -0.05) is 18.5 Å². The molecule has 1 aliphatic heterocycles. The molecule has 0 amide bonds. The molecule has 0 radical (unpaired) electrons. The molecule has 0 aromatic carbocycles. The van der Waals surface area contributed by atoms with Gasteiger partial charge in [0.15, 0.2) is 5.11 Å². The molecular weight excluding hydrogens is 358 g/mol. The van der Waals surface area contributed by atoms with Gasteiger partial charge in [0.2, 0.25) is 5.95 Å². The summed E-state index contributed by atoms with van der Waals surface area (Å²) in [5, 5.41) is 6.90. The van der Waals surface area contributed by atoms with Crippen LogP contribution in [0.15, 0.2) is 22.6 Å². The third-order valence-corrected chi connectivity index (χ3v) is 4.55. The number of nitrogens with zero attached hydrogens (tertiary/aromatic N) is 3. The molecule has 3 rings (SSSR count). The topological polar surface area (TPSA) is 66.2 Å². The molecule has 0 bridgehead atoms. The lowest BCUT2D eigenvalue weighted by atomic mass is 10.0. The summed E-state index contributed by atoms with van der Waals surface area (Å²) >= 11 is 11.5. The monoisotopic (exact) mass is 379 g/mol. The number of nitrogens with one attached hydrogen (secondary N) is 2. The molecule has 1 atom stereocenters. The number of anilines is 2. The van der Waals surface area contributed by atoms with E-state index >= 15 is 0 Å². The number of rotatable bonds is 4. The predicted molar refractivity (Wildman–Crippen MR) is 104 cm³/mol. The zero-order chi connectivity index (χ0) is 17.8. The number of halogens is 1. The van der Waals surface area contributed by atoms with E-state index in [1.807, 2.05) is 19.1 Å². The molecule has 0 aliphatic carbocycles. The van der Waals surface area contributed by atoms with Gasteiger partial charge in [-0.15, -0.1) is 0 Å². The maximum atomic E-state index is 6.17. The molecule has 6 nitrogen and oxygen atoms in total. The van der Waals surface area contributed by atoms with Crippen LogP contribution in [0.1, 0.15) is 31.3 Å². The molecule has 2 aromatic rings. The first-order valence-electron chi connectivity index (χ1n) is 8.39. The van der Waals surface area contributed by atoms with Crippen LogP contribution in [0.2, 0.25) is 5.15 Å². The van der Waals surface area contributed by atoms with Crippen molar-refractivity contribution in [2.45, 2.75) is 33.2 Å². The highest BCUT2D eigenvalue weighted by molar-refractivity contribution is 7.80. The molecule has 2 N–H and O–H groups in total. The Hall–Kier alpha value is -1.86. The van der Waals surface area contributed by atoms with Gasteiger partial charge in [-0.2, -0.15) is 4.98 Å². The molecule has 134 valence electrons. The molecule has 1 fully saturated rings. The van der Waals surface area contributed by atoms with E-state index in [0.29, 0.717) is 28.7 Å². The van der Waals surface area contributed by atoms with Crippen molar-refractivity contribution in [3.8, 4) is 0 Å². The Kier molecular flexibility index (Phi) is 5.75. The zero-order valence-corrected chi connectivity index (χ0v) is 16.0. The second kappa shape index (κ2) is 8.01. The Balaban J connectivity index is 1.62. The molecule has 3 heterocycles. The Morgan fingerprint density at radius 2 is 2.28 bits per heavy atom. The van der Waals surface area contributed by atoms with E-state index < -0.39 is 0 Å². The van der Waals surface area contributed by atoms with E-state index in [-0.39, 0.29) is 0 Å². The maximum Gasteiger partial charge on any atom is 0.232 e. The fourth-order valence-corrected chi connectivity index (χ4v) is 3.26. The first kappa shape index (κ1) is 17.9. The lowest BCUT2D eigenvalue weighted by molar-refractivity contribution is 0.444. The summed E-state index contributed by atoms with van der Waals surface area (Å²) in [4.78, 5) is 11.0. The van der Waals surface area contributed by atoms with E-state index in [9.17, 15) is 0 Å². The van der Waals surface area contributed by atoms with Gasteiger partial charge in [-0.25, -0.2) is 4.98 Å². The Labute approximate surface area is 158 Å². The highest BCUT2D eigenvalue weighted by atomic mass is 35.5. The third-order valence-electron chi connectivity index (χ3n) is 4.11. The number of aryl methyl sites for hydroxylation is 1. The molecule has 8 heteroatoms. The minimum Gasteiger partial charge on any atom is -0.465 e. The summed E-state index contributed by atoms with van der Waals surface area (Å²) in [5.74, 6) is 3.57. The zero-order valence-electron chi connectivity index (χ0n) is 14.4. The number of hydrogen-bond acceptors (Lipinski definition) is 5. The van der Waals surface area contributed by atoms with Gasteiger partial charge in [0, 0.05) is 19.2 Å². The van der Waals surface area contributed by atoms with Crippen LogP contribution in [0.4, 0.5) is 11.8 Å². The first-order valence-corrected chi connectivity index (χ1v) is 9.18. The lowest BCUT2D eigenvalue weighted by Crippen LogP contribution is -2.35. The Bertz CT molecular complexity index is 750. The summed E-state index contributed by atoms with van der Waals surface area (Å²) < 4.78 is 5.50. The van der Waals surface area contributed by atoms with Gasteiger partial charge in [0.05, 0.1) is 6.54 Å². The van der Waals surface area contributed by atoms with Crippen LogP contribution in [0.5, 0.6) is 0 Å². The molecule has 0 unspecified atom stereocenters. The van der Waals surface area contributed by atoms with Crippen molar-refractivity contribution in [3.05, 3.63) is 34.9 Å². The van der Waals surface area contributed by atoms with Crippen molar-refractivity contribution in [1.82, 2.24) is 15.3 Å². The normalized spacial score (nSPS) is 17.4. The SMILES string of the molecule is Cc1ccc(CNC(=S)Nc2nc(Cl)cc(N3CCC[C@H](C)C3)n2)o1. The van der Waals surface area contributed by atoms with Crippen molar-refractivity contribution in [2.75, 3.05) is 23.3 Å². The van der Waals surface area contributed by atoms with E-state index in [2.05, 4.69) is 32.4 Å². The lowest BCUT2D eigenvalue weighted by Gasteiger charge is -2.32. The van der Waals surface area contributed by atoms with Crippen molar-refractivity contribution in [2.24, 2.45) is 5.92 Å². The number of piperidine rings is 1. The molecule has 0 saturated carbocycles. The van der Waals surface area contributed by atoms with Crippen LogP contribution >= 0.6 is 23.8 Å². The van der Waals surface area contributed by atoms with Crippen molar-refractivity contribution in [1.29, 1.82) is 0 Å². The number of furan rings is 1. The highest BCUT2D eigenvalue weighted by Crippen LogP contribution is 2.24. The quantitative estimate of drug-likeness (QED) is 0.619. The van der Waals surface area contributed by atoms with Gasteiger partial charge >= 0.3 is 0 Å². The summed E-state index contributed by atoms with van der Waals surface area (Å²) in [6.45, 7) is 6.62. The largest absolute Gasteiger partial charge is 0.465 e. The molecule has 25 heavy (non-hydrogen) atoms. The number of thiocarbonyl (C=S) groups is 1. The summed E-state index contributed by atoms with van der Waals surface area (Å²) in [7, 11) is 0. The second-order valence-corrected chi connectivity index (χ2v) is 7.18. The highest BCUT2D eigenvalue weighted by Gasteiger charge is 2.19. The molecule has 2 aromatic heterocycles. The van der Waals surface area contributed by atoms with Crippen LogP contribution in [0, 0.1) is 12.8 Å². The van der Waals surface area contributed by atoms with Gasteiger partial charge in [0.1, 0.15) is 22.5 Å². The van der Waals surface area contributed by atoms with Gasteiger partial charge in [-0.3, -0.25) is 0 Å². The van der Waals surface area contributed by atoms with Gasteiger partial charge in [0.25, 0.3) is 0 Å². The summed E-state index contributed by atoms with van der Waals surface area (Å²) in [5.41, 5.74) is 0. The van der Waals surface area contributed by atoms with E-state index in [4.69, 9.17) is 28.2 Å². The maximum absolute atomic E-state index is 6.17. The minimum atomic E-state index is 0.397. The molecule has 1 aliphatic rings. The van der Waals surface area contributed by atoms with E-state index in [1.54, 1.807) is 6.07 Å². The predicted octanol–water partition coefficient (Wildman–Crippen LogP) is 3.75. The fraction of sp³-hybridized carbons (Fsp3) is 0.471. The van der Waals surface area contributed by atoms with Crippen LogP contribution < -0.4 is 15.5 Å². The van der Waals surface area contributed by atoms with Gasteiger partial charge in [-0.05, 0) is 50.0 Å². The smallest absolute Gasteiger partial charge is 0.232 e. The molecular formula is C17H22ClN5OS. The van der Waals surface area contributed by atoms with Crippen LogP contribution in [0.25, 0.3) is 0 Å². The fourth-order valence-electron chi connectivity index (χ4n) is 2.91. The Morgan fingerprint density at radius 1 is 1.44 bits per heavy atom. The number of aromatic nitrogens is 2. The average molecular weight is 380 g/mol. The third kappa shape index (κ3) is 5.06. The molecule has 1 saturated heterocycles. The summed E-state index contributed by atoms with van der Waals surface area (Å²) in [6.07, 6.45) is 2.41. The van der Waals surface area contributed by atoms with Crippen LogP contribution in [0.3, 0.4) is 0 Å². The van der Waals surface area contributed by atoms with Crippen molar-refractivity contribution >= 4 is 40.7 Å². The second-order valence-electron chi connectivity index (χ2n) is 6.39. The average Bonchev–Trinajstić information content (AvgIpc) is 2.98. The van der Waals surface area contributed by atoms with Crippen molar-refractivity contribution in [3.63, 3.8) is 0 Å². The van der Waals surface area contributed by atoms with Gasteiger partial charge < -0.3 is 20.0 Å². The standard InChI is InChI=1S/C17H22ClN5OS/c1-11-4-3-7-23(10-11)15-8-14(18)20-16(21-15)22-17(25)19-9-13-6-5-12(2)24-13/h5-6,8,11H,3-4,7,9-10H2,1-2H3,(H2,19,20,21,22,25)/t11-/m0/s1. The van der Waals surface area contributed by atoms with E-state index in [1.165, 1.54) is 6.42 Å². The van der Waals surface area contributed by atoms with Crippen LogP contribution in [-0.4, -0.2) is 28.2 Å². The Morgan fingerprint density at radius 3 is 3.00 bits per heavy atom. The van der Waals surface area contributed by atoms with Crippen molar-refractivity contribution < 1.29 is 4.42 Å². The molecule has 0 spiro atoms. The van der Waals surface area contributed by atoms with Crippen LogP contribution in [-0.2, 0) is 6.54 Å².